The quantitative estimate of drug-likeness (QED) is 0.395. The number of nitrogens with one attached hydrogen (secondary N) is 1. The molecule has 2 aliphatic carbocycles. The summed E-state index contributed by atoms with van der Waals surface area (Å²) in [5, 5.41) is 3.37. The molecular formula is C26H31N7O2. The summed E-state index contributed by atoms with van der Waals surface area (Å²) in [6, 6.07) is 1.69. The van der Waals surface area contributed by atoms with Gasteiger partial charge in [-0.25, -0.2) is 15.0 Å². The van der Waals surface area contributed by atoms with Crippen molar-refractivity contribution in [3.05, 3.63) is 36.2 Å². The van der Waals surface area contributed by atoms with Gasteiger partial charge in [0.15, 0.2) is 11.6 Å². The summed E-state index contributed by atoms with van der Waals surface area (Å²) in [5.41, 5.74) is 6.45. The van der Waals surface area contributed by atoms with Gasteiger partial charge in [-0.2, -0.15) is 0 Å². The molecular weight excluding hydrogens is 442 g/mol. The average molecular weight is 474 g/mol. The topological polar surface area (TPSA) is 119 Å². The second-order valence-corrected chi connectivity index (χ2v) is 9.60. The molecule has 2 aromatic rings. The van der Waals surface area contributed by atoms with E-state index < -0.39 is 5.41 Å². The Kier molecular flexibility index (Phi) is 6.39. The van der Waals surface area contributed by atoms with E-state index in [9.17, 15) is 9.59 Å². The Labute approximate surface area is 205 Å². The number of nitrogens with two attached hydrogens (primary N) is 1. The van der Waals surface area contributed by atoms with Gasteiger partial charge in [0.25, 0.3) is 0 Å². The van der Waals surface area contributed by atoms with E-state index in [1.165, 1.54) is 0 Å². The van der Waals surface area contributed by atoms with Crippen LogP contribution in [0.25, 0.3) is 11.5 Å². The van der Waals surface area contributed by atoms with Crippen molar-refractivity contribution in [2.24, 2.45) is 11.1 Å². The lowest BCUT2D eigenvalue weighted by Gasteiger charge is -2.38. The molecule has 3 heterocycles. The fourth-order valence-electron chi connectivity index (χ4n) is 5.59. The zero-order valence-electron chi connectivity index (χ0n) is 19.9. The van der Waals surface area contributed by atoms with Crippen LogP contribution in [0.2, 0.25) is 0 Å². The number of carbonyl (C=O) groups is 2. The number of hydrogen-bond acceptors (Lipinski definition) is 8. The van der Waals surface area contributed by atoms with Gasteiger partial charge in [0.2, 0.25) is 0 Å². The number of nitrogens with zero attached hydrogens (tertiary/aromatic N) is 5. The Morgan fingerprint density at radius 3 is 2.74 bits per heavy atom. The predicted molar refractivity (Wildman–Crippen MR) is 132 cm³/mol. The molecule has 1 saturated heterocycles. The first-order chi connectivity index (χ1) is 17.0. The lowest BCUT2D eigenvalue weighted by Crippen LogP contribution is -2.45. The number of terminal acetylenes is 1. The van der Waals surface area contributed by atoms with Crippen molar-refractivity contribution < 1.29 is 9.59 Å². The van der Waals surface area contributed by atoms with Crippen LogP contribution in [0.4, 0.5) is 5.82 Å². The molecule has 3 aliphatic rings. The number of carbonyl (C=O) groups excluding carboxylic acids is 2. The first-order valence-electron chi connectivity index (χ1n) is 12.4. The molecule has 1 spiro atoms. The van der Waals surface area contributed by atoms with Gasteiger partial charge < -0.3 is 16.0 Å². The highest BCUT2D eigenvalue weighted by atomic mass is 16.2. The number of ketones is 2. The molecule has 35 heavy (non-hydrogen) atoms. The van der Waals surface area contributed by atoms with Crippen LogP contribution in [0.15, 0.2) is 30.4 Å². The monoisotopic (exact) mass is 473 g/mol. The molecule has 0 bridgehead atoms. The molecule has 0 aromatic carbocycles. The van der Waals surface area contributed by atoms with Crippen LogP contribution >= 0.6 is 0 Å². The SMILES string of the molecule is C#C[C@H]1CNCCCN1c1cc(-n2ccnc2)nc(/C(N)=C2\CCC[C@@]3(CCCCC3=O)C2=O)n1. The van der Waals surface area contributed by atoms with Crippen LogP contribution in [-0.4, -0.2) is 56.8 Å². The van der Waals surface area contributed by atoms with E-state index in [1.807, 2.05) is 6.07 Å². The van der Waals surface area contributed by atoms with E-state index in [2.05, 4.69) is 21.1 Å². The van der Waals surface area contributed by atoms with Crippen molar-refractivity contribution in [3.63, 3.8) is 0 Å². The minimum absolute atomic E-state index is 0.0569. The lowest BCUT2D eigenvalue weighted by molar-refractivity contribution is -0.143. The molecule has 2 saturated carbocycles. The first kappa shape index (κ1) is 23.2. The summed E-state index contributed by atoms with van der Waals surface area (Å²) < 4.78 is 1.78. The van der Waals surface area contributed by atoms with E-state index in [0.29, 0.717) is 49.4 Å². The highest BCUT2D eigenvalue weighted by molar-refractivity contribution is 6.17. The summed E-state index contributed by atoms with van der Waals surface area (Å²) in [5.74, 6) is 4.30. The molecule has 2 aromatic heterocycles. The average Bonchev–Trinajstić information content (AvgIpc) is 3.32. The second kappa shape index (κ2) is 9.62. The zero-order valence-corrected chi connectivity index (χ0v) is 19.9. The molecule has 1 aliphatic heterocycles. The lowest BCUT2D eigenvalue weighted by atomic mass is 9.62. The zero-order chi connectivity index (χ0) is 24.4. The third-order valence-corrected chi connectivity index (χ3v) is 7.52. The smallest absolute Gasteiger partial charge is 0.179 e. The van der Waals surface area contributed by atoms with Gasteiger partial charge >= 0.3 is 0 Å². The van der Waals surface area contributed by atoms with Crippen molar-refractivity contribution in [1.82, 2.24) is 24.8 Å². The predicted octanol–water partition coefficient (Wildman–Crippen LogP) is 2.02. The minimum Gasteiger partial charge on any atom is -0.395 e. The first-order valence-corrected chi connectivity index (χ1v) is 12.4. The molecule has 9 heteroatoms. The van der Waals surface area contributed by atoms with Crippen molar-refractivity contribution in [2.45, 2.75) is 57.4 Å². The molecule has 3 N–H and O–H groups in total. The van der Waals surface area contributed by atoms with E-state index >= 15 is 0 Å². The Balaban J connectivity index is 1.60. The Bertz CT molecular complexity index is 1190. The molecule has 0 amide bonds. The van der Waals surface area contributed by atoms with Crippen LogP contribution in [0.3, 0.4) is 0 Å². The number of imidazole rings is 1. The standard InChI is InChI=1S/C26H31N7O2/c1-2-18-16-28-11-6-13-33(18)22-15-21(32-14-12-29-17-32)30-25(31-22)23(27)19-7-5-10-26(24(19)35)9-4-3-8-20(26)34/h1,12,14-15,17-18,28H,3-11,13,16,27H2/b23-19-/t18-,26+/m0/s1. The van der Waals surface area contributed by atoms with E-state index in [0.717, 1.165) is 38.8 Å². The highest BCUT2D eigenvalue weighted by Gasteiger charge is 2.49. The summed E-state index contributed by atoms with van der Waals surface area (Å²) in [7, 11) is 0. The molecule has 0 radical (unpaired) electrons. The number of rotatable bonds is 3. The van der Waals surface area contributed by atoms with Crippen molar-refractivity contribution in [3.8, 4) is 18.2 Å². The Morgan fingerprint density at radius 1 is 1.14 bits per heavy atom. The highest BCUT2D eigenvalue weighted by Crippen LogP contribution is 2.45. The van der Waals surface area contributed by atoms with Crippen LogP contribution in [0, 0.1) is 17.8 Å². The van der Waals surface area contributed by atoms with Crippen LogP contribution in [0.5, 0.6) is 0 Å². The van der Waals surface area contributed by atoms with Crippen molar-refractivity contribution in [2.75, 3.05) is 24.5 Å². The number of anilines is 1. The summed E-state index contributed by atoms with van der Waals surface area (Å²) in [4.78, 5) is 42.3. The van der Waals surface area contributed by atoms with Gasteiger partial charge in [-0.3, -0.25) is 14.2 Å². The van der Waals surface area contributed by atoms with Gasteiger partial charge in [-0.05, 0) is 45.1 Å². The number of Topliss-reactive ketones (excluding diaryl/α,β-unsaturated/α-hetero) is 2. The summed E-state index contributed by atoms with van der Waals surface area (Å²) >= 11 is 0. The second-order valence-electron chi connectivity index (χ2n) is 9.60. The number of hydrogen-bond donors (Lipinski definition) is 2. The maximum absolute atomic E-state index is 13.7. The third-order valence-electron chi connectivity index (χ3n) is 7.52. The van der Waals surface area contributed by atoms with Gasteiger partial charge in [0, 0.05) is 43.5 Å². The maximum atomic E-state index is 13.7. The fourth-order valence-corrected chi connectivity index (χ4v) is 5.59. The molecule has 9 nitrogen and oxygen atoms in total. The molecule has 0 unspecified atom stereocenters. The number of aromatic nitrogens is 4. The third kappa shape index (κ3) is 4.23. The van der Waals surface area contributed by atoms with Crippen LogP contribution in [0.1, 0.15) is 57.2 Å². The number of allylic oxidation sites excluding steroid dienone is 1. The Hall–Kier alpha value is -3.51. The fraction of sp³-hybridized carbons (Fsp3) is 0.500. The molecule has 5 rings (SSSR count). The Morgan fingerprint density at radius 2 is 1.97 bits per heavy atom. The molecule has 3 fully saturated rings. The van der Waals surface area contributed by atoms with E-state index in [1.54, 1.807) is 23.3 Å². The van der Waals surface area contributed by atoms with Crippen molar-refractivity contribution in [1.29, 1.82) is 0 Å². The largest absolute Gasteiger partial charge is 0.395 e. The minimum atomic E-state index is -0.924. The van der Waals surface area contributed by atoms with E-state index in [4.69, 9.17) is 22.1 Å². The summed E-state index contributed by atoms with van der Waals surface area (Å²) in [6.45, 7) is 2.25. The summed E-state index contributed by atoms with van der Waals surface area (Å²) in [6.07, 6.45) is 16.6. The van der Waals surface area contributed by atoms with E-state index in [-0.39, 0.29) is 29.1 Å². The molecule has 182 valence electrons. The van der Waals surface area contributed by atoms with Crippen molar-refractivity contribution >= 4 is 23.1 Å². The van der Waals surface area contributed by atoms with Gasteiger partial charge in [-0.1, -0.05) is 12.3 Å². The normalized spacial score (nSPS) is 26.9. The van der Waals surface area contributed by atoms with Gasteiger partial charge in [0.1, 0.15) is 29.8 Å². The van der Waals surface area contributed by atoms with Gasteiger partial charge in [0.05, 0.1) is 11.1 Å². The molecule has 2 atom stereocenters. The van der Waals surface area contributed by atoms with Gasteiger partial charge in [-0.15, -0.1) is 6.42 Å². The van der Waals surface area contributed by atoms with Crippen LogP contribution < -0.4 is 16.0 Å². The van der Waals surface area contributed by atoms with Crippen LogP contribution in [-0.2, 0) is 9.59 Å². The maximum Gasteiger partial charge on any atom is 0.179 e.